The maximum atomic E-state index is 12.0. The summed E-state index contributed by atoms with van der Waals surface area (Å²) in [4.78, 5) is 14.3. The third-order valence-electron chi connectivity index (χ3n) is 4.27. The summed E-state index contributed by atoms with van der Waals surface area (Å²) in [6.45, 7) is 7.75. The molecule has 1 aromatic heterocycles. The Morgan fingerprint density at radius 2 is 2.13 bits per heavy atom. The van der Waals surface area contributed by atoms with Gasteiger partial charge in [-0.2, -0.15) is 5.10 Å². The lowest BCUT2D eigenvalue weighted by atomic mass is 10.2. The van der Waals surface area contributed by atoms with Gasteiger partial charge in [0.25, 0.3) is 0 Å². The van der Waals surface area contributed by atoms with Crippen molar-refractivity contribution in [3.8, 4) is 0 Å². The van der Waals surface area contributed by atoms with Crippen LogP contribution in [0.5, 0.6) is 0 Å². The minimum absolute atomic E-state index is 0.0792. The lowest BCUT2D eigenvalue weighted by Crippen LogP contribution is -2.41. The molecular formula is C17H24N4O2. The summed E-state index contributed by atoms with van der Waals surface area (Å²) in [7, 11) is 0. The number of hydrogen-bond donors (Lipinski definition) is 1. The molecule has 1 amide bonds. The number of amides is 1. The summed E-state index contributed by atoms with van der Waals surface area (Å²) in [6, 6.07) is 6.15. The van der Waals surface area contributed by atoms with Crippen molar-refractivity contribution in [2.75, 3.05) is 39.4 Å². The average Bonchev–Trinajstić information content (AvgIpc) is 2.98. The van der Waals surface area contributed by atoms with Gasteiger partial charge in [-0.15, -0.1) is 0 Å². The van der Waals surface area contributed by atoms with Gasteiger partial charge in [0.2, 0.25) is 5.91 Å². The van der Waals surface area contributed by atoms with Gasteiger partial charge in [0.05, 0.1) is 31.5 Å². The Labute approximate surface area is 136 Å². The molecule has 0 saturated carbocycles. The molecule has 3 rings (SSSR count). The van der Waals surface area contributed by atoms with Gasteiger partial charge in [-0.25, -0.2) is 0 Å². The first-order valence-corrected chi connectivity index (χ1v) is 8.22. The lowest BCUT2D eigenvalue weighted by molar-refractivity contribution is -0.121. The van der Waals surface area contributed by atoms with Gasteiger partial charge in [0.1, 0.15) is 0 Å². The Kier molecular flexibility index (Phi) is 5.25. The van der Waals surface area contributed by atoms with Gasteiger partial charge in [-0.3, -0.25) is 14.4 Å². The van der Waals surface area contributed by atoms with Crippen LogP contribution in [0.15, 0.2) is 24.4 Å². The Morgan fingerprint density at radius 1 is 1.30 bits per heavy atom. The molecule has 1 fully saturated rings. The zero-order valence-corrected chi connectivity index (χ0v) is 13.6. The number of aromatic nitrogens is 2. The van der Waals surface area contributed by atoms with Crippen molar-refractivity contribution >= 4 is 16.8 Å². The number of carbonyl (C=O) groups excluding carboxylic acids is 1. The van der Waals surface area contributed by atoms with Gasteiger partial charge in [-0.05, 0) is 12.5 Å². The molecule has 23 heavy (non-hydrogen) atoms. The third-order valence-corrected chi connectivity index (χ3v) is 4.27. The average molecular weight is 316 g/mol. The van der Waals surface area contributed by atoms with Crippen molar-refractivity contribution in [3.05, 3.63) is 30.0 Å². The number of rotatable bonds is 6. The van der Waals surface area contributed by atoms with Crippen LogP contribution in [0.1, 0.15) is 12.0 Å². The number of ether oxygens (including phenoxy) is 1. The second-order valence-corrected chi connectivity index (χ2v) is 5.93. The van der Waals surface area contributed by atoms with Crippen LogP contribution in [0.3, 0.4) is 0 Å². The summed E-state index contributed by atoms with van der Waals surface area (Å²) >= 11 is 0. The predicted octanol–water partition coefficient (Wildman–Crippen LogP) is 1.18. The number of benzene rings is 1. The molecule has 0 aliphatic carbocycles. The Hall–Kier alpha value is -1.92. The van der Waals surface area contributed by atoms with Crippen molar-refractivity contribution < 1.29 is 9.53 Å². The standard InChI is InChI=1S/C17H24N4O2/c1-14-3-2-4-15-13-19-21(17(14)15)7-5-16(22)18-6-8-20-9-11-23-12-10-20/h2-4,13H,5-12H2,1H3,(H,18,22). The van der Waals surface area contributed by atoms with E-state index in [9.17, 15) is 4.79 Å². The fraction of sp³-hybridized carbons (Fsp3) is 0.529. The van der Waals surface area contributed by atoms with Gasteiger partial charge in [0.15, 0.2) is 0 Å². The van der Waals surface area contributed by atoms with Crippen molar-refractivity contribution in [3.63, 3.8) is 0 Å². The van der Waals surface area contributed by atoms with Crippen LogP contribution in [0, 0.1) is 6.92 Å². The van der Waals surface area contributed by atoms with Crippen LogP contribution < -0.4 is 5.32 Å². The molecule has 1 saturated heterocycles. The second-order valence-electron chi connectivity index (χ2n) is 5.93. The number of fused-ring (bicyclic) bond motifs is 1. The molecule has 0 radical (unpaired) electrons. The molecule has 2 aromatic rings. The number of nitrogens with zero attached hydrogens (tertiary/aromatic N) is 3. The van der Waals surface area contributed by atoms with Crippen LogP contribution in [0.25, 0.3) is 10.9 Å². The molecule has 1 aliphatic heterocycles. The molecule has 1 aliphatic rings. The fourth-order valence-corrected chi connectivity index (χ4v) is 2.97. The van der Waals surface area contributed by atoms with Gasteiger partial charge in [-0.1, -0.05) is 18.2 Å². The highest BCUT2D eigenvalue weighted by molar-refractivity contribution is 5.82. The zero-order valence-electron chi connectivity index (χ0n) is 13.6. The highest BCUT2D eigenvalue weighted by Gasteiger charge is 2.11. The topological polar surface area (TPSA) is 59.4 Å². The number of carbonyl (C=O) groups is 1. The molecule has 6 heteroatoms. The van der Waals surface area contributed by atoms with E-state index in [0.29, 0.717) is 19.5 Å². The smallest absolute Gasteiger partial charge is 0.221 e. The Morgan fingerprint density at radius 3 is 2.96 bits per heavy atom. The van der Waals surface area contributed by atoms with Crippen LogP contribution in [-0.4, -0.2) is 60.0 Å². The monoisotopic (exact) mass is 316 g/mol. The molecule has 2 heterocycles. The van der Waals surface area contributed by atoms with E-state index in [-0.39, 0.29) is 5.91 Å². The van der Waals surface area contributed by atoms with E-state index in [1.54, 1.807) is 0 Å². The summed E-state index contributed by atoms with van der Waals surface area (Å²) < 4.78 is 7.24. The van der Waals surface area contributed by atoms with Crippen molar-refractivity contribution in [1.82, 2.24) is 20.0 Å². The second kappa shape index (κ2) is 7.57. The summed E-state index contributed by atoms with van der Waals surface area (Å²) in [5.74, 6) is 0.0792. The first-order chi connectivity index (χ1) is 11.2. The Balaban J connectivity index is 1.45. The summed E-state index contributed by atoms with van der Waals surface area (Å²) in [6.07, 6.45) is 2.31. The van der Waals surface area contributed by atoms with E-state index in [4.69, 9.17) is 4.74 Å². The number of aryl methyl sites for hydroxylation is 2. The van der Waals surface area contributed by atoms with E-state index < -0.39 is 0 Å². The van der Waals surface area contributed by atoms with Gasteiger partial charge < -0.3 is 10.1 Å². The van der Waals surface area contributed by atoms with Crippen LogP contribution in [0.2, 0.25) is 0 Å². The maximum Gasteiger partial charge on any atom is 0.221 e. The molecule has 0 unspecified atom stereocenters. The normalized spacial score (nSPS) is 15.9. The molecule has 0 spiro atoms. The van der Waals surface area contributed by atoms with Crippen molar-refractivity contribution in [2.45, 2.75) is 19.9 Å². The molecule has 1 N–H and O–H groups in total. The fourth-order valence-electron chi connectivity index (χ4n) is 2.97. The first-order valence-electron chi connectivity index (χ1n) is 8.22. The van der Waals surface area contributed by atoms with Crippen LogP contribution >= 0.6 is 0 Å². The Bertz CT molecular complexity index is 662. The number of morpholine rings is 1. The van der Waals surface area contributed by atoms with Gasteiger partial charge in [0, 0.05) is 38.0 Å². The third kappa shape index (κ3) is 4.09. The highest BCUT2D eigenvalue weighted by atomic mass is 16.5. The minimum Gasteiger partial charge on any atom is -0.379 e. The molecular weight excluding hydrogens is 292 g/mol. The van der Waals surface area contributed by atoms with E-state index in [1.807, 2.05) is 23.0 Å². The maximum absolute atomic E-state index is 12.0. The number of para-hydroxylation sites is 1. The van der Waals surface area contributed by atoms with Crippen LogP contribution in [0.4, 0.5) is 0 Å². The quantitative estimate of drug-likeness (QED) is 0.869. The molecule has 0 bridgehead atoms. The largest absolute Gasteiger partial charge is 0.379 e. The summed E-state index contributed by atoms with van der Waals surface area (Å²) in [5.41, 5.74) is 2.31. The molecule has 0 atom stereocenters. The zero-order chi connectivity index (χ0) is 16.1. The predicted molar refractivity (Wildman–Crippen MR) is 89.4 cm³/mol. The highest BCUT2D eigenvalue weighted by Crippen LogP contribution is 2.17. The lowest BCUT2D eigenvalue weighted by Gasteiger charge is -2.26. The van der Waals surface area contributed by atoms with Crippen LogP contribution in [-0.2, 0) is 16.1 Å². The summed E-state index contributed by atoms with van der Waals surface area (Å²) in [5, 5.41) is 8.51. The van der Waals surface area contributed by atoms with Gasteiger partial charge >= 0.3 is 0 Å². The van der Waals surface area contributed by atoms with E-state index in [0.717, 1.165) is 43.8 Å². The number of hydrogen-bond acceptors (Lipinski definition) is 4. The SMILES string of the molecule is Cc1cccc2cnn(CCC(=O)NCCN3CCOCC3)c12. The van der Waals surface area contributed by atoms with Crippen molar-refractivity contribution in [1.29, 1.82) is 0 Å². The van der Waals surface area contributed by atoms with E-state index in [2.05, 4.69) is 28.3 Å². The van der Waals surface area contributed by atoms with Crippen molar-refractivity contribution in [2.24, 2.45) is 0 Å². The number of nitrogens with one attached hydrogen (secondary N) is 1. The molecule has 1 aromatic carbocycles. The molecule has 124 valence electrons. The molecule has 6 nitrogen and oxygen atoms in total. The first kappa shape index (κ1) is 16.0. The van der Waals surface area contributed by atoms with E-state index in [1.165, 1.54) is 5.56 Å². The van der Waals surface area contributed by atoms with E-state index >= 15 is 0 Å². The minimum atomic E-state index is 0.0792.